The summed E-state index contributed by atoms with van der Waals surface area (Å²) in [4.78, 5) is 12.2. The molecule has 0 radical (unpaired) electrons. The average Bonchev–Trinajstić information content (AvgIpc) is 2.82. The molecule has 0 atom stereocenters. The van der Waals surface area contributed by atoms with Gasteiger partial charge in [-0.25, -0.2) is 0 Å². The number of benzene rings is 1. The van der Waals surface area contributed by atoms with Gasteiger partial charge in [-0.3, -0.25) is 4.79 Å². The molecule has 0 saturated heterocycles. The maximum atomic E-state index is 12.2. The fraction of sp³-hybridized carbons (Fsp3) is 0.438. The Labute approximate surface area is 136 Å². The highest BCUT2D eigenvalue weighted by atomic mass is 35.5. The minimum absolute atomic E-state index is 0. The number of furan rings is 1. The summed E-state index contributed by atoms with van der Waals surface area (Å²) >= 11 is 0. The Hall–Kier alpha value is -1.56. The quantitative estimate of drug-likeness (QED) is 0.767. The molecule has 1 heterocycles. The number of carbonyl (C=O) groups excluding carboxylic acids is 1. The van der Waals surface area contributed by atoms with Gasteiger partial charge < -0.3 is 19.8 Å². The van der Waals surface area contributed by atoms with Crippen molar-refractivity contribution in [1.29, 1.82) is 0 Å². The monoisotopic (exact) mass is 326 g/mol. The van der Waals surface area contributed by atoms with Crippen LogP contribution in [0.15, 0.2) is 22.6 Å². The zero-order chi connectivity index (χ0) is 15.2. The number of halogens is 1. The molecule has 22 heavy (non-hydrogen) atoms. The lowest BCUT2D eigenvalue weighted by molar-refractivity contribution is 0.0927. The van der Waals surface area contributed by atoms with E-state index >= 15 is 0 Å². The molecular weight excluding hydrogens is 304 g/mol. The third-order valence-electron chi connectivity index (χ3n) is 3.44. The maximum absolute atomic E-state index is 12.2. The number of carbonyl (C=O) groups is 1. The Kier molecular flexibility index (Phi) is 7.38. The van der Waals surface area contributed by atoms with Crippen LogP contribution in [0.5, 0.6) is 0 Å². The largest absolute Gasteiger partial charge is 0.450 e. The number of aryl methyl sites for hydroxylation is 2. The molecule has 0 aliphatic carbocycles. The van der Waals surface area contributed by atoms with Crippen LogP contribution in [0.3, 0.4) is 0 Å². The lowest BCUT2D eigenvalue weighted by atomic mass is 10.1. The van der Waals surface area contributed by atoms with Crippen molar-refractivity contribution in [2.24, 2.45) is 0 Å². The molecular formula is C16H23ClN2O3. The molecule has 1 aromatic heterocycles. The summed E-state index contributed by atoms with van der Waals surface area (Å²) in [5.74, 6) is 0.229. The number of fused-ring (bicyclic) bond motifs is 1. The van der Waals surface area contributed by atoms with Crippen molar-refractivity contribution in [2.45, 2.75) is 13.8 Å². The Morgan fingerprint density at radius 2 is 2.00 bits per heavy atom. The number of amides is 1. The summed E-state index contributed by atoms with van der Waals surface area (Å²) in [6.45, 7) is 6.58. The van der Waals surface area contributed by atoms with Gasteiger partial charge in [-0.1, -0.05) is 18.2 Å². The van der Waals surface area contributed by atoms with E-state index in [1.165, 1.54) is 0 Å². The third-order valence-corrected chi connectivity index (χ3v) is 3.44. The number of para-hydroxylation sites is 1. The fourth-order valence-electron chi connectivity index (χ4n) is 2.24. The van der Waals surface area contributed by atoms with E-state index in [1.807, 2.05) is 32.0 Å². The second-order valence-electron chi connectivity index (χ2n) is 5.01. The molecule has 2 rings (SSSR count). The maximum Gasteiger partial charge on any atom is 0.287 e. The number of hydrogen-bond acceptors (Lipinski definition) is 4. The van der Waals surface area contributed by atoms with Crippen molar-refractivity contribution < 1.29 is 13.9 Å². The van der Waals surface area contributed by atoms with Gasteiger partial charge >= 0.3 is 0 Å². The lowest BCUT2D eigenvalue weighted by Gasteiger charge is -2.05. The van der Waals surface area contributed by atoms with Gasteiger partial charge in [0.05, 0.1) is 6.61 Å². The van der Waals surface area contributed by atoms with Gasteiger partial charge in [0.2, 0.25) is 0 Å². The normalized spacial score (nSPS) is 10.5. The highest BCUT2D eigenvalue weighted by molar-refractivity contribution is 5.99. The molecule has 0 fully saturated rings. The summed E-state index contributed by atoms with van der Waals surface area (Å²) in [5, 5.41) is 7.03. The fourth-order valence-corrected chi connectivity index (χ4v) is 2.24. The highest BCUT2D eigenvalue weighted by Gasteiger charge is 2.17. The Morgan fingerprint density at radius 3 is 2.68 bits per heavy atom. The van der Waals surface area contributed by atoms with Crippen LogP contribution in [0.25, 0.3) is 11.0 Å². The van der Waals surface area contributed by atoms with Gasteiger partial charge in [-0.2, -0.15) is 0 Å². The lowest BCUT2D eigenvalue weighted by Crippen LogP contribution is -2.33. The van der Waals surface area contributed by atoms with Crippen molar-refractivity contribution in [1.82, 2.24) is 10.6 Å². The Bertz CT molecular complexity index is 625. The first-order valence-corrected chi connectivity index (χ1v) is 7.11. The molecule has 0 bridgehead atoms. The zero-order valence-corrected chi connectivity index (χ0v) is 14.0. The van der Waals surface area contributed by atoms with E-state index in [-0.39, 0.29) is 18.3 Å². The van der Waals surface area contributed by atoms with Crippen molar-refractivity contribution in [3.05, 3.63) is 35.1 Å². The van der Waals surface area contributed by atoms with Crippen molar-refractivity contribution >= 4 is 29.3 Å². The molecule has 0 unspecified atom stereocenters. The highest BCUT2D eigenvalue weighted by Crippen LogP contribution is 2.27. The summed E-state index contributed by atoms with van der Waals surface area (Å²) in [6.07, 6.45) is 0. The van der Waals surface area contributed by atoms with Crippen LogP contribution < -0.4 is 10.6 Å². The van der Waals surface area contributed by atoms with Gasteiger partial charge in [0.25, 0.3) is 5.91 Å². The van der Waals surface area contributed by atoms with Gasteiger partial charge in [0, 0.05) is 37.7 Å². The number of rotatable bonds is 7. The van der Waals surface area contributed by atoms with E-state index < -0.39 is 0 Å². The van der Waals surface area contributed by atoms with Gasteiger partial charge in [0.1, 0.15) is 5.58 Å². The first-order valence-electron chi connectivity index (χ1n) is 7.11. The Balaban J connectivity index is 0.00000242. The van der Waals surface area contributed by atoms with Crippen molar-refractivity contribution in [3.8, 4) is 0 Å². The second kappa shape index (κ2) is 8.78. The number of hydrogen-bond donors (Lipinski definition) is 2. The molecule has 1 aromatic carbocycles. The number of methoxy groups -OCH3 is 1. The summed E-state index contributed by atoms with van der Waals surface area (Å²) in [7, 11) is 1.66. The molecule has 2 aromatic rings. The van der Waals surface area contributed by atoms with Crippen LogP contribution in [0.4, 0.5) is 0 Å². The Morgan fingerprint density at radius 1 is 1.23 bits per heavy atom. The molecule has 0 aliphatic heterocycles. The first-order chi connectivity index (χ1) is 10.1. The predicted octanol–water partition coefficient (Wildman–Crippen LogP) is 2.44. The summed E-state index contributed by atoms with van der Waals surface area (Å²) in [5.41, 5.74) is 2.72. The van der Waals surface area contributed by atoms with Crippen LogP contribution in [0.2, 0.25) is 0 Å². The van der Waals surface area contributed by atoms with E-state index in [0.29, 0.717) is 25.5 Å². The minimum atomic E-state index is -0.170. The number of ether oxygens (including phenoxy) is 1. The third kappa shape index (κ3) is 4.22. The molecule has 0 aliphatic rings. The van der Waals surface area contributed by atoms with E-state index in [2.05, 4.69) is 10.6 Å². The molecule has 122 valence electrons. The van der Waals surface area contributed by atoms with Gasteiger partial charge in [0.15, 0.2) is 5.76 Å². The standard InChI is InChI=1S/C16H22N2O3.ClH/c1-11-5-4-6-13-12(2)15(21-14(11)13)16(19)18-8-7-17-9-10-20-3;/h4-6,17H,7-10H2,1-3H3,(H,18,19);1H. The van der Waals surface area contributed by atoms with Crippen LogP contribution >= 0.6 is 12.4 Å². The van der Waals surface area contributed by atoms with E-state index in [9.17, 15) is 4.79 Å². The van der Waals surface area contributed by atoms with Gasteiger partial charge in [-0.05, 0) is 19.4 Å². The van der Waals surface area contributed by atoms with Crippen molar-refractivity contribution in [3.63, 3.8) is 0 Å². The van der Waals surface area contributed by atoms with Crippen LogP contribution in [0, 0.1) is 13.8 Å². The smallest absolute Gasteiger partial charge is 0.287 e. The van der Waals surface area contributed by atoms with E-state index in [0.717, 1.165) is 28.6 Å². The minimum Gasteiger partial charge on any atom is -0.450 e. The molecule has 0 saturated carbocycles. The molecule has 5 nitrogen and oxygen atoms in total. The van der Waals surface area contributed by atoms with Crippen LogP contribution in [-0.2, 0) is 4.74 Å². The summed E-state index contributed by atoms with van der Waals surface area (Å²) in [6, 6.07) is 5.93. The summed E-state index contributed by atoms with van der Waals surface area (Å²) < 4.78 is 10.7. The van der Waals surface area contributed by atoms with Crippen LogP contribution in [-0.4, -0.2) is 39.3 Å². The molecule has 6 heteroatoms. The van der Waals surface area contributed by atoms with Crippen molar-refractivity contribution in [2.75, 3.05) is 33.4 Å². The SMILES string of the molecule is COCCNCCNC(=O)c1oc2c(C)cccc2c1C.Cl. The topological polar surface area (TPSA) is 63.5 Å². The average molecular weight is 327 g/mol. The molecule has 1 amide bonds. The number of nitrogens with one attached hydrogen (secondary N) is 2. The predicted molar refractivity (Wildman–Crippen MR) is 90.0 cm³/mol. The molecule has 2 N–H and O–H groups in total. The van der Waals surface area contributed by atoms with Gasteiger partial charge in [-0.15, -0.1) is 12.4 Å². The van der Waals surface area contributed by atoms with E-state index in [1.54, 1.807) is 7.11 Å². The zero-order valence-electron chi connectivity index (χ0n) is 13.2. The first kappa shape index (κ1) is 18.5. The van der Waals surface area contributed by atoms with Crippen LogP contribution in [0.1, 0.15) is 21.7 Å². The second-order valence-corrected chi connectivity index (χ2v) is 5.01. The molecule has 0 spiro atoms. The van der Waals surface area contributed by atoms with E-state index in [4.69, 9.17) is 9.15 Å².